The van der Waals surface area contributed by atoms with Crippen molar-refractivity contribution in [2.24, 2.45) is 0 Å². The van der Waals surface area contributed by atoms with Gasteiger partial charge >= 0.3 is 0 Å². The predicted molar refractivity (Wildman–Crippen MR) is 117 cm³/mol. The maximum absolute atomic E-state index is 12.7. The van der Waals surface area contributed by atoms with E-state index in [4.69, 9.17) is 11.6 Å². The minimum absolute atomic E-state index is 0.0421. The van der Waals surface area contributed by atoms with Gasteiger partial charge in [0.05, 0.1) is 28.0 Å². The molecule has 0 saturated heterocycles. The van der Waals surface area contributed by atoms with Crippen LogP contribution < -0.4 is 10.0 Å². The minimum Gasteiger partial charge on any atom is -0.351 e. The molecule has 3 rings (SSSR count). The van der Waals surface area contributed by atoms with Crippen molar-refractivity contribution >= 4 is 27.5 Å². The summed E-state index contributed by atoms with van der Waals surface area (Å²) in [6.45, 7) is 4.18. The Morgan fingerprint density at radius 2 is 1.73 bits per heavy atom. The highest BCUT2D eigenvalue weighted by atomic mass is 35.5. The third-order valence-electron chi connectivity index (χ3n) is 4.43. The predicted octanol–water partition coefficient (Wildman–Crippen LogP) is 3.36. The molecule has 3 aromatic rings. The Morgan fingerprint density at radius 1 is 1.07 bits per heavy atom. The lowest BCUT2D eigenvalue weighted by Crippen LogP contribution is -2.35. The van der Waals surface area contributed by atoms with E-state index in [1.54, 1.807) is 35.0 Å². The van der Waals surface area contributed by atoms with Gasteiger partial charge in [0.1, 0.15) is 0 Å². The average molecular weight is 447 g/mol. The zero-order valence-electron chi connectivity index (χ0n) is 16.7. The smallest absolute Gasteiger partial charge is 0.254 e. The van der Waals surface area contributed by atoms with Crippen LogP contribution in [0.3, 0.4) is 0 Å². The Bertz CT molecular complexity index is 1110. The SMILES string of the molecule is CC(C)c1c(C(=O)NCCNS(=O)(=O)c2ccccc2)cnn1-c1ccc(Cl)cc1. The van der Waals surface area contributed by atoms with Gasteiger partial charge in [-0.15, -0.1) is 0 Å². The van der Waals surface area contributed by atoms with Crippen molar-refractivity contribution in [2.75, 3.05) is 13.1 Å². The lowest BCUT2D eigenvalue weighted by Gasteiger charge is -2.13. The second-order valence-electron chi connectivity index (χ2n) is 6.95. The van der Waals surface area contributed by atoms with E-state index in [1.165, 1.54) is 18.3 Å². The maximum atomic E-state index is 12.7. The molecule has 7 nitrogen and oxygen atoms in total. The van der Waals surface area contributed by atoms with Gasteiger partial charge in [0.2, 0.25) is 10.0 Å². The van der Waals surface area contributed by atoms with Crippen LogP contribution in [-0.4, -0.2) is 37.2 Å². The number of hydrogen-bond donors (Lipinski definition) is 2. The molecule has 1 amide bonds. The molecule has 0 saturated carbocycles. The summed E-state index contributed by atoms with van der Waals surface area (Å²) < 4.78 is 28.7. The van der Waals surface area contributed by atoms with E-state index in [0.717, 1.165) is 11.4 Å². The summed E-state index contributed by atoms with van der Waals surface area (Å²) in [6.07, 6.45) is 1.52. The molecule has 0 fully saturated rings. The van der Waals surface area contributed by atoms with Crippen LogP contribution in [0.2, 0.25) is 5.02 Å². The van der Waals surface area contributed by atoms with Gasteiger partial charge in [0, 0.05) is 18.1 Å². The Hall–Kier alpha value is -2.68. The Kier molecular flexibility index (Phi) is 6.91. The number of benzene rings is 2. The molecule has 0 aliphatic carbocycles. The van der Waals surface area contributed by atoms with Crippen molar-refractivity contribution in [1.82, 2.24) is 19.8 Å². The van der Waals surface area contributed by atoms with E-state index in [9.17, 15) is 13.2 Å². The van der Waals surface area contributed by atoms with Gasteiger partial charge in [-0.1, -0.05) is 43.6 Å². The van der Waals surface area contributed by atoms with Crippen molar-refractivity contribution < 1.29 is 13.2 Å². The maximum Gasteiger partial charge on any atom is 0.254 e. The number of carbonyl (C=O) groups is 1. The lowest BCUT2D eigenvalue weighted by molar-refractivity contribution is 0.0953. The summed E-state index contributed by atoms with van der Waals surface area (Å²) in [5.41, 5.74) is 2.02. The van der Waals surface area contributed by atoms with Gasteiger partial charge in [-0.2, -0.15) is 5.10 Å². The summed E-state index contributed by atoms with van der Waals surface area (Å²) in [5.74, 6) is -0.265. The highest BCUT2D eigenvalue weighted by Gasteiger charge is 2.21. The molecule has 0 radical (unpaired) electrons. The Labute approximate surface area is 181 Å². The van der Waals surface area contributed by atoms with Crippen LogP contribution in [0.1, 0.15) is 35.8 Å². The van der Waals surface area contributed by atoms with Crippen LogP contribution in [0.25, 0.3) is 5.69 Å². The highest BCUT2D eigenvalue weighted by molar-refractivity contribution is 7.89. The van der Waals surface area contributed by atoms with Gasteiger partial charge in [0.25, 0.3) is 5.91 Å². The number of hydrogen-bond acceptors (Lipinski definition) is 4. The van der Waals surface area contributed by atoms with Crippen molar-refractivity contribution in [3.8, 4) is 5.69 Å². The first-order valence-electron chi connectivity index (χ1n) is 9.46. The molecule has 1 aromatic heterocycles. The van der Waals surface area contributed by atoms with Crippen molar-refractivity contribution in [3.63, 3.8) is 0 Å². The molecular weight excluding hydrogens is 424 g/mol. The normalized spacial score (nSPS) is 11.6. The molecule has 1 heterocycles. The second-order valence-corrected chi connectivity index (χ2v) is 9.16. The van der Waals surface area contributed by atoms with E-state index in [0.29, 0.717) is 10.6 Å². The third-order valence-corrected chi connectivity index (χ3v) is 6.15. The van der Waals surface area contributed by atoms with Crippen LogP contribution in [0.5, 0.6) is 0 Å². The fourth-order valence-electron chi connectivity index (χ4n) is 3.02. The molecule has 0 unspecified atom stereocenters. The van der Waals surface area contributed by atoms with Crippen LogP contribution in [-0.2, 0) is 10.0 Å². The van der Waals surface area contributed by atoms with Crippen molar-refractivity contribution in [1.29, 1.82) is 0 Å². The molecule has 30 heavy (non-hydrogen) atoms. The fourth-order valence-corrected chi connectivity index (χ4v) is 4.19. The number of halogens is 1. The molecular formula is C21H23ClN4O3S. The van der Waals surface area contributed by atoms with E-state index in [1.807, 2.05) is 26.0 Å². The first-order chi connectivity index (χ1) is 14.3. The van der Waals surface area contributed by atoms with Crippen LogP contribution in [0.15, 0.2) is 65.7 Å². The van der Waals surface area contributed by atoms with Gasteiger partial charge in [-0.25, -0.2) is 17.8 Å². The Morgan fingerprint density at radius 3 is 2.37 bits per heavy atom. The highest BCUT2D eigenvalue weighted by Crippen LogP contribution is 2.24. The molecule has 0 aliphatic rings. The number of nitrogens with zero attached hydrogens (tertiary/aromatic N) is 2. The lowest BCUT2D eigenvalue weighted by atomic mass is 10.1. The number of carbonyl (C=O) groups excluding carboxylic acids is 1. The van der Waals surface area contributed by atoms with Gasteiger partial charge in [-0.3, -0.25) is 4.79 Å². The van der Waals surface area contributed by atoms with Gasteiger partial charge in [-0.05, 0) is 42.3 Å². The Balaban J connectivity index is 1.66. The summed E-state index contributed by atoms with van der Waals surface area (Å²) in [7, 11) is -3.61. The summed E-state index contributed by atoms with van der Waals surface area (Å²) in [6, 6.07) is 15.3. The summed E-state index contributed by atoms with van der Waals surface area (Å²) in [4.78, 5) is 12.9. The topological polar surface area (TPSA) is 93.1 Å². The molecule has 0 spiro atoms. The fraction of sp³-hybridized carbons (Fsp3) is 0.238. The molecule has 158 valence electrons. The summed E-state index contributed by atoms with van der Waals surface area (Å²) >= 11 is 5.96. The minimum atomic E-state index is -3.61. The number of amides is 1. The number of aromatic nitrogens is 2. The molecule has 0 aliphatic heterocycles. The molecule has 0 atom stereocenters. The van der Waals surface area contributed by atoms with Crippen molar-refractivity contribution in [2.45, 2.75) is 24.7 Å². The quantitative estimate of drug-likeness (QED) is 0.519. The van der Waals surface area contributed by atoms with Crippen LogP contribution >= 0.6 is 11.6 Å². The molecule has 2 aromatic carbocycles. The summed E-state index contributed by atoms with van der Waals surface area (Å²) in [5, 5.41) is 7.74. The van der Waals surface area contributed by atoms with Gasteiger partial charge in [0.15, 0.2) is 0 Å². The second kappa shape index (κ2) is 9.42. The van der Waals surface area contributed by atoms with E-state index < -0.39 is 10.0 Å². The number of rotatable bonds is 8. The van der Waals surface area contributed by atoms with Crippen molar-refractivity contribution in [3.05, 3.63) is 77.1 Å². The van der Waals surface area contributed by atoms with Crippen LogP contribution in [0.4, 0.5) is 0 Å². The third kappa shape index (κ3) is 5.08. The molecule has 9 heteroatoms. The van der Waals surface area contributed by atoms with E-state index in [2.05, 4.69) is 15.1 Å². The van der Waals surface area contributed by atoms with E-state index >= 15 is 0 Å². The zero-order valence-corrected chi connectivity index (χ0v) is 18.2. The number of sulfonamides is 1. The average Bonchev–Trinajstić information content (AvgIpc) is 3.18. The largest absolute Gasteiger partial charge is 0.351 e. The molecule has 2 N–H and O–H groups in total. The number of nitrogens with one attached hydrogen (secondary N) is 2. The van der Waals surface area contributed by atoms with E-state index in [-0.39, 0.29) is 29.8 Å². The van der Waals surface area contributed by atoms with Gasteiger partial charge < -0.3 is 5.32 Å². The zero-order chi connectivity index (χ0) is 21.7. The standard InChI is InChI=1S/C21H23ClN4O3S/c1-15(2)20-19(14-24-26(20)17-10-8-16(22)9-11-17)21(27)23-12-13-25-30(28,29)18-6-4-3-5-7-18/h3-11,14-15,25H,12-13H2,1-2H3,(H,23,27). The molecule has 0 bridgehead atoms. The monoisotopic (exact) mass is 446 g/mol. The first-order valence-corrected chi connectivity index (χ1v) is 11.3. The first kappa shape index (κ1) is 22.0. The van der Waals surface area contributed by atoms with Crippen LogP contribution in [0, 0.1) is 0 Å².